The molecule has 1 aromatic carbocycles. The summed E-state index contributed by atoms with van der Waals surface area (Å²) in [6.45, 7) is 41.1. The van der Waals surface area contributed by atoms with E-state index in [0.29, 0.717) is 83.0 Å². The lowest BCUT2D eigenvalue weighted by molar-refractivity contribution is -0.132. The Bertz CT molecular complexity index is 2250. The summed E-state index contributed by atoms with van der Waals surface area (Å²) in [7, 11) is 0. The van der Waals surface area contributed by atoms with Crippen molar-refractivity contribution in [3.8, 4) is 0 Å². The standard InChI is InChI=1S/C18H26O4.C17H32N2O5.C13H26N2O4.2C12H23NO4/c1-13(2)21-11-9-17(19)15-5-7-16(8-6-15)18(20)10-12-22-14(3)4;1-13(2)23-10-6-5-9-18-16(21)8-7-15(20)11-19-17(22)12-24-14(3)4;1-9(2)18-6-5-12(16)11(7-14)15-13(17)8-19-10(3)4;2*1-9(2)16-6-5-11(14)7-13-12(15)8-17-10(3)4/h5-8,13-14H,9-12H2,1-4H3;13-14H,5-12H2,1-4H3,(H,18,21)(H,19,22);9-11H,5-8,14H2,1-4H3,(H,15,17);2*9-10H,5-8H2,1-4H3,(H,13,15). The summed E-state index contributed by atoms with van der Waals surface area (Å²) < 4.78 is 52.4. The number of carbonyl (C=O) groups is 11. The highest BCUT2D eigenvalue weighted by Crippen LogP contribution is 2.11. The van der Waals surface area contributed by atoms with Crippen LogP contribution in [0, 0.1) is 0 Å². The van der Waals surface area contributed by atoms with Crippen molar-refractivity contribution in [3.05, 3.63) is 35.4 Å². The first kappa shape index (κ1) is 99.5. The molecule has 0 aliphatic rings. The Morgan fingerprint density at radius 1 is 0.313 bits per heavy atom. The molecule has 27 nitrogen and oxygen atoms in total. The van der Waals surface area contributed by atoms with E-state index in [1.165, 1.54) is 0 Å². The van der Waals surface area contributed by atoms with Gasteiger partial charge in [0.1, 0.15) is 26.4 Å². The molecule has 0 saturated heterocycles. The Morgan fingerprint density at radius 2 is 0.596 bits per heavy atom. The molecule has 0 aromatic heterocycles. The Balaban J connectivity index is -0.000000574. The maximum Gasteiger partial charge on any atom is 0.246 e. The van der Waals surface area contributed by atoms with E-state index in [1.807, 2.05) is 138 Å². The molecule has 0 bridgehead atoms. The number of hydrogen-bond donors (Lipinski definition) is 6. The van der Waals surface area contributed by atoms with Gasteiger partial charge in [-0.2, -0.15) is 0 Å². The highest BCUT2D eigenvalue weighted by atomic mass is 16.5. The Morgan fingerprint density at radius 3 is 0.909 bits per heavy atom. The zero-order chi connectivity index (χ0) is 76.3. The maximum atomic E-state index is 12.0. The molecule has 0 aliphatic carbocycles. The van der Waals surface area contributed by atoms with Gasteiger partial charge in [0.25, 0.3) is 0 Å². The average Bonchev–Trinajstić information content (AvgIpc) is 0.911. The third kappa shape index (κ3) is 73.2. The van der Waals surface area contributed by atoms with Gasteiger partial charge in [-0.15, -0.1) is 0 Å². The molecule has 1 unspecified atom stereocenters. The second-order valence-electron chi connectivity index (χ2n) is 25.5. The number of ketones is 6. The van der Waals surface area contributed by atoms with Gasteiger partial charge in [0, 0.05) is 75.8 Å². The largest absolute Gasteiger partial charge is 0.379 e. The molecule has 574 valence electrons. The van der Waals surface area contributed by atoms with Crippen LogP contribution in [0.15, 0.2) is 24.3 Å². The fraction of sp³-hybridized carbons (Fsp3) is 0.764. The number of hydrogen-bond acceptors (Lipinski definition) is 22. The number of Topliss-reactive ketones (excluding diaryl/α,β-unsaturated/α-hetero) is 6. The normalized spacial score (nSPS) is 11.3. The molecule has 7 N–H and O–H groups in total. The lowest BCUT2D eigenvalue weighted by atomic mass is 10.0. The van der Waals surface area contributed by atoms with Crippen LogP contribution in [0.3, 0.4) is 0 Å². The monoisotopic (exact) mass is 1410 g/mol. The maximum absolute atomic E-state index is 12.0. The van der Waals surface area contributed by atoms with E-state index in [0.717, 1.165) is 12.8 Å². The quantitative estimate of drug-likeness (QED) is 0.0284. The van der Waals surface area contributed by atoms with E-state index in [4.69, 9.17) is 53.1 Å². The fourth-order valence-corrected chi connectivity index (χ4v) is 6.89. The molecule has 0 aliphatic heterocycles. The van der Waals surface area contributed by atoms with Crippen LogP contribution < -0.4 is 32.3 Å². The van der Waals surface area contributed by atoms with Gasteiger partial charge in [-0.1, -0.05) is 24.3 Å². The van der Waals surface area contributed by atoms with Crippen LogP contribution in [0.5, 0.6) is 0 Å². The predicted octanol–water partition coefficient (Wildman–Crippen LogP) is 6.94. The molecule has 5 amide bonds. The summed E-state index contributed by atoms with van der Waals surface area (Å²) >= 11 is 0. The van der Waals surface area contributed by atoms with Crippen molar-refractivity contribution in [3.63, 3.8) is 0 Å². The molecule has 0 radical (unpaired) electrons. The summed E-state index contributed by atoms with van der Waals surface area (Å²) in [4.78, 5) is 127. The molecule has 27 heteroatoms. The van der Waals surface area contributed by atoms with Crippen LogP contribution in [-0.2, 0) is 90.5 Å². The van der Waals surface area contributed by atoms with Gasteiger partial charge >= 0.3 is 0 Å². The van der Waals surface area contributed by atoms with E-state index >= 15 is 0 Å². The van der Waals surface area contributed by atoms with Crippen molar-refractivity contribution in [2.75, 3.05) is 98.8 Å². The highest BCUT2D eigenvalue weighted by molar-refractivity contribution is 5.99. The molecule has 0 spiro atoms. The number of nitrogens with two attached hydrogens (primary N) is 1. The molecule has 1 atom stereocenters. The molecule has 1 rings (SSSR count). The SMILES string of the molecule is CC(C)OCCC(=O)C(CN)NC(=O)COC(C)C.CC(C)OCCC(=O)CNC(=O)COC(C)C.CC(C)OCCC(=O)CNC(=O)COC(C)C.CC(C)OCCC(=O)c1ccc(C(=O)CCOC(C)C)cc1.CC(C)OCCCCNC(=O)CCC(=O)CNC(=O)COC(C)C. The van der Waals surface area contributed by atoms with Gasteiger partial charge < -0.3 is 79.7 Å². The number of rotatable bonds is 52. The highest BCUT2D eigenvalue weighted by Gasteiger charge is 2.20. The molecule has 0 saturated carbocycles. The minimum atomic E-state index is -0.668. The van der Waals surface area contributed by atoms with Crippen LogP contribution in [0.4, 0.5) is 0 Å². The van der Waals surface area contributed by atoms with Crippen molar-refractivity contribution in [1.29, 1.82) is 0 Å². The summed E-state index contributed by atoms with van der Waals surface area (Å²) in [5.74, 6) is -1.66. The summed E-state index contributed by atoms with van der Waals surface area (Å²) in [5, 5.41) is 12.8. The van der Waals surface area contributed by atoms with Gasteiger partial charge in [0.05, 0.1) is 120 Å². The smallest absolute Gasteiger partial charge is 0.246 e. The number of ether oxygens (including phenoxy) is 10. The van der Waals surface area contributed by atoms with Crippen molar-refractivity contribution in [2.45, 2.75) is 263 Å². The van der Waals surface area contributed by atoms with Crippen LogP contribution >= 0.6 is 0 Å². The first-order valence-corrected chi connectivity index (χ1v) is 34.9. The Kier molecular flexibility index (Phi) is 64.6. The molecule has 0 fully saturated rings. The zero-order valence-electron chi connectivity index (χ0n) is 63.8. The van der Waals surface area contributed by atoms with Gasteiger partial charge in [-0.05, 0) is 151 Å². The second kappa shape index (κ2) is 64.3. The lowest BCUT2D eigenvalue weighted by Gasteiger charge is -2.17. The summed E-state index contributed by atoms with van der Waals surface area (Å²) in [6.07, 6.45) is 4.35. The third-order valence-corrected chi connectivity index (χ3v) is 12.1. The van der Waals surface area contributed by atoms with Crippen LogP contribution in [-0.4, -0.2) is 230 Å². The van der Waals surface area contributed by atoms with Gasteiger partial charge in [-0.25, -0.2) is 0 Å². The number of unbranched alkanes of at least 4 members (excludes halogenated alkanes) is 1. The van der Waals surface area contributed by atoms with Crippen LogP contribution in [0.2, 0.25) is 0 Å². The van der Waals surface area contributed by atoms with E-state index in [-0.39, 0.29) is 197 Å². The summed E-state index contributed by atoms with van der Waals surface area (Å²) in [5.41, 5.74) is 6.72. The molecule has 0 heterocycles. The Hall–Kier alpha value is -5.85. The van der Waals surface area contributed by atoms with E-state index in [1.54, 1.807) is 24.3 Å². The van der Waals surface area contributed by atoms with Crippen molar-refractivity contribution < 1.29 is 100 Å². The first-order chi connectivity index (χ1) is 46.4. The molecule has 1 aromatic rings. The Labute approximate surface area is 592 Å². The molecular formula is C72H130N6O21. The average molecular weight is 1420 g/mol. The lowest BCUT2D eigenvalue weighted by Crippen LogP contribution is -2.47. The van der Waals surface area contributed by atoms with Gasteiger partial charge in [-0.3, -0.25) is 52.7 Å². The third-order valence-electron chi connectivity index (χ3n) is 12.1. The second-order valence-corrected chi connectivity index (χ2v) is 25.5. The van der Waals surface area contributed by atoms with Crippen molar-refractivity contribution in [2.24, 2.45) is 5.73 Å². The fourth-order valence-electron chi connectivity index (χ4n) is 6.89. The number of amides is 5. The van der Waals surface area contributed by atoms with Gasteiger partial charge in [0.2, 0.25) is 29.5 Å². The minimum absolute atomic E-state index is 0.00651. The zero-order valence-corrected chi connectivity index (χ0v) is 63.8. The van der Waals surface area contributed by atoms with E-state index < -0.39 is 6.04 Å². The summed E-state index contributed by atoms with van der Waals surface area (Å²) in [6, 6.07) is 6.14. The predicted molar refractivity (Wildman–Crippen MR) is 381 cm³/mol. The minimum Gasteiger partial charge on any atom is -0.379 e. The molecule has 99 heavy (non-hydrogen) atoms. The van der Waals surface area contributed by atoms with Crippen molar-refractivity contribution >= 4 is 64.2 Å². The van der Waals surface area contributed by atoms with Crippen LogP contribution in [0.25, 0.3) is 0 Å². The van der Waals surface area contributed by atoms with Crippen LogP contribution in [0.1, 0.15) is 217 Å². The topological polar surface area (TPSA) is 366 Å². The van der Waals surface area contributed by atoms with Gasteiger partial charge in [0.15, 0.2) is 34.7 Å². The number of nitrogens with one attached hydrogen (secondary N) is 5. The first-order valence-electron chi connectivity index (χ1n) is 34.9. The van der Waals surface area contributed by atoms with Crippen molar-refractivity contribution in [1.82, 2.24) is 26.6 Å². The van der Waals surface area contributed by atoms with E-state index in [2.05, 4.69) is 26.6 Å². The number of benzene rings is 1. The van der Waals surface area contributed by atoms with E-state index in [9.17, 15) is 52.7 Å². The number of carbonyl (C=O) groups excluding carboxylic acids is 11. The molecular weight excluding hydrogens is 1280 g/mol.